The van der Waals surface area contributed by atoms with Crippen molar-refractivity contribution < 1.29 is 14.3 Å². The molecule has 0 radical (unpaired) electrons. The summed E-state index contributed by atoms with van der Waals surface area (Å²) >= 11 is 0. The van der Waals surface area contributed by atoms with Gasteiger partial charge in [0.15, 0.2) is 0 Å². The van der Waals surface area contributed by atoms with Gasteiger partial charge >= 0.3 is 0 Å². The molecule has 1 heterocycles. The molecule has 4 rings (SSSR count). The Balaban J connectivity index is 1.69. The lowest BCUT2D eigenvalue weighted by atomic mass is 9.88. The first-order valence-corrected chi connectivity index (χ1v) is 12.3. The Morgan fingerprint density at radius 2 is 1.74 bits per heavy atom. The van der Waals surface area contributed by atoms with Crippen molar-refractivity contribution in [3.63, 3.8) is 0 Å². The topological polar surface area (TPSA) is 50.8 Å². The van der Waals surface area contributed by atoms with Crippen molar-refractivity contribution in [2.24, 2.45) is 5.92 Å². The monoisotopic (exact) mass is 460 g/mol. The number of aryl methyl sites for hydroxylation is 1. The average Bonchev–Trinajstić information content (AvgIpc) is 3.14. The number of amides is 1. The summed E-state index contributed by atoms with van der Waals surface area (Å²) in [5, 5.41) is 3.52. The van der Waals surface area contributed by atoms with Crippen LogP contribution in [0, 0.1) is 12.8 Å². The van der Waals surface area contributed by atoms with Gasteiger partial charge in [-0.15, -0.1) is 0 Å². The molecule has 1 amide bonds. The fourth-order valence-electron chi connectivity index (χ4n) is 5.01. The number of nitrogens with one attached hydrogen (secondary N) is 1. The molecule has 0 bridgehead atoms. The Kier molecular flexibility index (Phi) is 7.94. The van der Waals surface area contributed by atoms with Crippen LogP contribution in [0.15, 0.2) is 66.8 Å². The normalized spacial score (nSPS) is 21.0. The van der Waals surface area contributed by atoms with Crippen LogP contribution in [-0.4, -0.2) is 37.6 Å². The number of hydrogen-bond donors (Lipinski definition) is 1. The summed E-state index contributed by atoms with van der Waals surface area (Å²) in [5.41, 5.74) is 2.92. The summed E-state index contributed by atoms with van der Waals surface area (Å²) in [5.74, 6) is 1.86. The molecular formula is C29H36N2O3. The van der Waals surface area contributed by atoms with Crippen molar-refractivity contribution in [1.29, 1.82) is 0 Å². The first kappa shape index (κ1) is 23.9. The number of carbonyl (C=O) groups is 1. The zero-order valence-electron chi connectivity index (χ0n) is 20.5. The first-order chi connectivity index (χ1) is 16.6. The van der Waals surface area contributed by atoms with Crippen molar-refractivity contribution in [3.8, 4) is 11.5 Å². The summed E-state index contributed by atoms with van der Waals surface area (Å²) in [6.45, 7) is 2.86. The number of allylic oxidation sites excluding steroid dienone is 3. The average molecular weight is 461 g/mol. The lowest BCUT2D eigenvalue weighted by Crippen LogP contribution is -2.47. The minimum Gasteiger partial charge on any atom is -0.497 e. The van der Waals surface area contributed by atoms with Gasteiger partial charge in [0.05, 0.1) is 14.2 Å². The molecule has 180 valence electrons. The summed E-state index contributed by atoms with van der Waals surface area (Å²) in [6, 6.07) is 13.6. The SMILES string of the molecule is COc1cc(NC(C(=O)N2CCCCCC2C2C=CC=CC2)c2ccc(C)cc2)cc(OC)c1. The third kappa shape index (κ3) is 5.64. The fourth-order valence-corrected chi connectivity index (χ4v) is 5.01. The number of benzene rings is 2. The van der Waals surface area contributed by atoms with Gasteiger partial charge in [0.1, 0.15) is 17.5 Å². The quantitative estimate of drug-likeness (QED) is 0.545. The third-order valence-corrected chi connectivity index (χ3v) is 6.91. The number of nitrogens with zero attached hydrogens (tertiary/aromatic N) is 1. The molecule has 1 fully saturated rings. The molecule has 5 nitrogen and oxygen atoms in total. The molecule has 34 heavy (non-hydrogen) atoms. The van der Waals surface area contributed by atoms with Crippen LogP contribution in [0.3, 0.4) is 0 Å². The summed E-state index contributed by atoms with van der Waals surface area (Å²) in [6.07, 6.45) is 14.1. The Hall–Kier alpha value is -3.21. The van der Waals surface area contributed by atoms with Gasteiger partial charge in [-0.25, -0.2) is 0 Å². The number of anilines is 1. The maximum absolute atomic E-state index is 14.3. The zero-order chi connectivity index (χ0) is 23.9. The Morgan fingerprint density at radius 3 is 2.38 bits per heavy atom. The van der Waals surface area contributed by atoms with Crippen molar-refractivity contribution in [1.82, 2.24) is 4.90 Å². The smallest absolute Gasteiger partial charge is 0.249 e. The number of methoxy groups -OCH3 is 2. The summed E-state index contributed by atoms with van der Waals surface area (Å²) < 4.78 is 10.9. The molecule has 3 unspecified atom stereocenters. The Labute approximate surface area is 203 Å². The third-order valence-electron chi connectivity index (χ3n) is 6.91. The molecule has 2 aromatic carbocycles. The fraction of sp³-hybridized carbons (Fsp3) is 0.414. The van der Waals surface area contributed by atoms with Crippen LogP contribution in [0.4, 0.5) is 5.69 Å². The molecule has 3 atom stereocenters. The highest BCUT2D eigenvalue weighted by Crippen LogP contribution is 2.33. The van der Waals surface area contributed by atoms with Crippen LogP contribution >= 0.6 is 0 Å². The van der Waals surface area contributed by atoms with Gasteiger partial charge in [-0.3, -0.25) is 4.79 Å². The molecule has 5 heteroatoms. The van der Waals surface area contributed by atoms with Crippen molar-refractivity contribution in [2.75, 3.05) is 26.1 Å². The van der Waals surface area contributed by atoms with Crippen LogP contribution in [0.1, 0.15) is 49.3 Å². The lowest BCUT2D eigenvalue weighted by molar-refractivity contribution is -0.135. The molecular weight excluding hydrogens is 424 g/mol. The highest BCUT2D eigenvalue weighted by atomic mass is 16.5. The van der Waals surface area contributed by atoms with Gasteiger partial charge in [-0.1, -0.05) is 67.0 Å². The second-order valence-electron chi connectivity index (χ2n) is 9.25. The maximum Gasteiger partial charge on any atom is 0.249 e. The molecule has 1 aliphatic heterocycles. The Morgan fingerprint density at radius 1 is 1.00 bits per heavy atom. The predicted molar refractivity (Wildman–Crippen MR) is 137 cm³/mol. The number of ether oxygens (including phenoxy) is 2. The maximum atomic E-state index is 14.3. The summed E-state index contributed by atoms with van der Waals surface area (Å²) in [7, 11) is 3.27. The van der Waals surface area contributed by atoms with Crippen molar-refractivity contribution in [2.45, 2.75) is 51.1 Å². The van der Waals surface area contributed by atoms with Crippen LogP contribution in [0.2, 0.25) is 0 Å². The standard InChI is InChI=1S/C29H36N2O3/c1-21-13-15-23(16-14-21)28(30-24-18-25(33-2)20-26(19-24)34-3)29(32)31-17-9-5-8-12-27(31)22-10-6-4-7-11-22/h4,6-7,10,13-16,18-20,22,27-28,30H,5,8-9,11-12,17H2,1-3H3. The van der Waals surface area contributed by atoms with E-state index in [1.54, 1.807) is 14.2 Å². The van der Waals surface area contributed by atoms with E-state index in [1.807, 2.05) is 18.2 Å². The van der Waals surface area contributed by atoms with E-state index in [0.29, 0.717) is 17.4 Å². The molecule has 2 aliphatic rings. The van der Waals surface area contributed by atoms with E-state index in [-0.39, 0.29) is 11.9 Å². The second kappa shape index (κ2) is 11.3. The second-order valence-corrected chi connectivity index (χ2v) is 9.25. The molecule has 1 saturated heterocycles. The molecule has 1 N–H and O–H groups in total. The van der Waals surface area contributed by atoms with Crippen LogP contribution in [0.25, 0.3) is 0 Å². The van der Waals surface area contributed by atoms with Gasteiger partial charge < -0.3 is 19.7 Å². The van der Waals surface area contributed by atoms with Gasteiger partial charge in [0.25, 0.3) is 0 Å². The lowest BCUT2D eigenvalue weighted by Gasteiger charge is -2.37. The highest BCUT2D eigenvalue weighted by molar-refractivity contribution is 5.86. The van der Waals surface area contributed by atoms with Crippen LogP contribution < -0.4 is 14.8 Å². The van der Waals surface area contributed by atoms with E-state index < -0.39 is 6.04 Å². The van der Waals surface area contributed by atoms with E-state index in [9.17, 15) is 4.79 Å². The van der Waals surface area contributed by atoms with E-state index in [1.165, 1.54) is 12.0 Å². The van der Waals surface area contributed by atoms with Gasteiger partial charge in [-0.2, -0.15) is 0 Å². The van der Waals surface area contributed by atoms with E-state index >= 15 is 0 Å². The van der Waals surface area contributed by atoms with E-state index in [2.05, 4.69) is 65.7 Å². The molecule has 0 spiro atoms. The van der Waals surface area contributed by atoms with E-state index in [0.717, 1.165) is 43.5 Å². The first-order valence-electron chi connectivity index (χ1n) is 12.3. The van der Waals surface area contributed by atoms with Gasteiger partial charge in [0.2, 0.25) is 5.91 Å². The number of likely N-dealkylation sites (tertiary alicyclic amines) is 1. The molecule has 0 aromatic heterocycles. The highest BCUT2D eigenvalue weighted by Gasteiger charge is 2.35. The van der Waals surface area contributed by atoms with Crippen LogP contribution in [-0.2, 0) is 4.79 Å². The van der Waals surface area contributed by atoms with Crippen LogP contribution in [0.5, 0.6) is 11.5 Å². The minimum atomic E-state index is -0.499. The number of hydrogen-bond acceptors (Lipinski definition) is 4. The molecule has 0 saturated carbocycles. The Bertz CT molecular complexity index is 1010. The van der Waals surface area contributed by atoms with E-state index in [4.69, 9.17) is 9.47 Å². The number of carbonyl (C=O) groups excluding carboxylic acids is 1. The largest absolute Gasteiger partial charge is 0.497 e. The summed E-state index contributed by atoms with van der Waals surface area (Å²) in [4.78, 5) is 16.4. The minimum absolute atomic E-state index is 0.125. The molecule has 2 aromatic rings. The van der Waals surface area contributed by atoms with Gasteiger partial charge in [-0.05, 0) is 31.7 Å². The van der Waals surface area contributed by atoms with Gasteiger partial charge in [0, 0.05) is 42.4 Å². The molecule has 1 aliphatic carbocycles. The zero-order valence-corrected chi connectivity index (χ0v) is 20.5. The van der Waals surface area contributed by atoms with Crippen molar-refractivity contribution in [3.05, 3.63) is 77.9 Å². The van der Waals surface area contributed by atoms with Crippen molar-refractivity contribution >= 4 is 11.6 Å². The number of rotatable bonds is 7. The predicted octanol–water partition coefficient (Wildman–Crippen LogP) is 6.07.